The fraction of sp³-hybridized carbons (Fsp3) is 0. The van der Waals surface area contributed by atoms with E-state index >= 15 is 0 Å². The van der Waals surface area contributed by atoms with Crippen molar-refractivity contribution in [3.63, 3.8) is 0 Å². The van der Waals surface area contributed by atoms with Crippen molar-refractivity contribution < 1.29 is 4.79 Å². The van der Waals surface area contributed by atoms with Gasteiger partial charge >= 0.3 is 0 Å². The minimum absolute atomic E-state index is 0.175. The van der Waals surface area contributed by atoms with Crippen LogP contribution in [-0.4, -0.2) is 5.91 Å². The molecule has 0 fully saturated rings. The van der Waals surface area contributed by atoms with Gasteiger partial charge < -0.3 is 11.1 Å². The van der Waals surface area contributed by atoms with Gasteiger partial charge in [0.15, 0.2) is 0 Å². The number of carbonyl (C=O) groups is 1. The molecule has 104 valence electrons. The molecular formula is C17H14N2OS. The molecule has 0 radical (unpaired) electrons. The molecular weight excluding hydrogens is 280 g/mol. The van der Waals surface area contributed by atoms with E-state index in [1.807, 2.05) is 60.0 Å². The molecule has 0 unspecified atom stereocenters. The molecule has 0 aliphatic heterocycles. The lowest BCUT2D eigenvalue weighted by Crippen LogP contribution is -2.12. The predicted octanol–water partition coefficient (Wildman–Crippen LogP) is 4.25. The molecule has 0 saturated heterocycles. The van der Waals surface area contributed by atoms with E-state index in [9.17, 15) is 4.79 Å². The summed E-state index contributed by atoms with van der Waals surface area (Å²) in [6.45, 7) is 0. The topological polar surface area (TPSA) is 55.1 Å². The number of hydrogen-bond donors (Lipinski definition) is 2. The van der Waals surface area contributed by atoms with E-state index in [4.69, 9.17) is 5.73 Å². The maximum atomic E-state index is 12.3. The van der Waals surface area contributed by atoms with Gasteiger partial charge in [0.1, 0.15) is 4.88 Å². The van der Waals surface area contributed by atoms with Gasteiger partial charge in [0.25, 0.3) is 5.91 Å². The zero-order valence-electron chi connectivity index (χ0n) is 11.2. The molecule has 3 aromatic rings. The number of benzene rings is 2. The van der Waals surface area contributed by atoms with E-state index in [1.165, 1.54) is 11.3 Å². The highest BCUT2D eigenvalue weighted by Crippen LogP contribution is 2.29. The van der Waals surface area contributed by atoms with Crippen molar-refractivity contribution in [1.29, 1.82) is 0 Å². The van der Waals surface area contributed by atoms with Crippen LogP contribution < -0.4 is 11.1 Å². The highest BCUT2D eigenvalue weighted by molar-refractivity contribution is 7.12. The van der Waals surface area contributed by atoms with Crippen LogP contribution in [0.5, 0.6) is 0 Å². The SMILES string of the molecule is Nc1ccsc1C(=O)Nc1ccccc1-c1ccccc1. The molecule has 0 aliphatic carbocycles. The minimum Gasteiger partial charge on any atom is -0.397 e. The summed E-state index contributed by atoms with van der Waals surface area (Å²) in [6, 6.07) is 19.4. The number of nitrogens with two attached hydrogens (primary N) is 1. The van der Waals surface area contributed by atoms with Gasteiger partial charge in [-0.2, -0.15) is 0 Å². The van der Waals surface area contributed by atoms with Crippen LogP contribution in [0.1, 0.15) is 9.67 Å². The van der Waals surface area contributed by atoms with Gasteiger partial charge in [-0.3, -0.25) is 4.79 Å². The number of nitrogen functional groups attached to an aromatic ring is 1. The Morgan fingerprint density at radius 1 is 0.952 bits per heavy atom. The van der Waals surface area contributed by atoms with Gasteiger partial charge in [-0.1, -0.05) is 48.5 Å². The molecule has 1 aromatic heterocycles. The summed E-state index contributed by atoms with van der Waals surface area (Å²) in [5, 5.41) is 4.76. The summed E-state index contributed by atoms with van der Waals surface area (Å²) >= 11 is 1.34. The Morgan fingerprint density at radius 3 is 2.38 bits per heavy atom. The molecule has 0 aliphatic rings. The fourth-order valence-electron chi connectivity index (χ4n) is 2.14. The quantitative estimate of drug-likeness (QED) is 0.758. The summed E-state index contributed by atoms with van der Waals surface area (Å²) in [4.78, 5) is 12.8. The standard InChI is InChI=1S/C17H14N2OS/c18-14-10-11-21-16(14)17(20)19-15-9-5-4-8-13(15)12-6-2-1-3-7-12/h1-11H,18H2,(H,19,20). The molecule has 4 heteroatoms. The van der Waals surface area contributed by atoms with E-state index in [1.54, 1.807) is 6.07 Å². The highest BCUT2D eigenvalue weighted by Gasteiger charge is 2.13. The van der Waals surface area contributed by atoms with Crippen molar-refractivity contribution in [2.45, 2.75) is 0 Å². The predicted molar refractivity (Wildman–Crippen MR) is 88.6 cm³/mol. The van der Waals surface area contributed by atoms with Crippen LogP contribution in [0, 0.1) is 0 Å². The number of hydrogen-bond acceptors (Lipinski definition) is 3. The second-order valence-corrected chi connectivity index (χ2v) is 5.49. The Morgan fingerprint density at radius 2 is 1.67 bits per heavy atom. The van der Waals surface area contributed by atoms with Gasteiger partial charge in [-0.25, -0.2) is 0 Å². The molecule has 0 bridgehead atoms. The molecule has 3 N–H and O–H groups in total. The van der Waals surface area contributed by atoms with Crippen molar-refractivity contribution >= 4 is 28.6 Å². The Balaban J connectivity index is 1.94. The molecule has 1 heterocycles. The van der Waals surface area contributed by atoms with E-state index < -0.39 is 0 Å². The normalized spacial score (nSPS) is 10.3. The molecule has 21 heavy (non-hydrogen) atoms. The third-order valence-electron chi connectivity index (χ3n) is 3.16. The molecule has 0 atom stereocenters. The lowest BCUT2D eigenvalue weighted by molar-refractivity contribution is 0.103. The molecule has 2 aromatic carbocycles. The fourth-order valence-corrected chi connectivity index (χ4v) is 2.86. The van der Waals surface area contributed by atoms with Crippen LogP contribution >= 0.6 is 11.3 Å². The van der Waals surface area contributed by atoms with Crippen molar-refractivity contribution in [3.05, 3.63) is 70.9 Å². The van der Waals surface area contributed by atoms with E-state index in [2.05, 4.69) is 5.32 Å². The minimum atomic E-state index is -0.175. The number of nitrogens with one attached hydrogen (secondary N) is 1. The van der Waals surface area contributed by atoms with Gasteiger partial charge in [-0.05, 0) is 23.1 Å². The summed E-state index contributed by atoms with van der Waals surface area (Å²) in [5.41, 5.74) is 9.13. The lowest BCUT2D eigenvalue weighted by atomic mass is 10.0. The number of rotatable bonds is 3. The average Bonchev–Trinajstić information content (AvgIpc) is 2.95. The first-order valence-electron chi connectivity index (χ1n) is 6.54. The van der Waals surface area contributed by atoms with Crippen molar-refractivity contribution in [1.82, 2.24) is 0 Å². The number of amides is 1. The van der Waals surface area contributed by atoms with Crippen LogP contribution in [0.2, 0.25) is 0 Å². The van der Waals surface area contributed by atoms with E-state index in [-0.39, 0.29) is 5.91 Å². The van der Waals surface area contributed by atoms with Crippen LogP contribution in [0.15, 0.2) is 66.0 Å². The van der Waals surface area contributed by atoms with Crippen LogP contribution in [0.3, 0.4) is 0 Å². The van der Waals surface area contributed by atoms with Crippen molar-refractivity contribution in [2.75, 3.05) is 11.1 Å². The van der Waals surface area contributed by atoms with Gasteiger partial charge in [0.05, 0.1) is 5.69 Å². The maximum absolute atomic E-state index is 12.3. The first kappa shape index (κ1) is 13.4. The average molecular weight is 294 g/mol. The van der Waals surface area contributed by atoms with Gasteiger partial charge in [-0.15, -0.1) is 11.3 Å². The highest BCUT2D eigenvalue weighted by atomic mass is 32.1. The second-order valence-electron chi connectivity index (χ2n) is 4.57. The second kappa shape index (κ2) is 5.81. The van der Waals surface area contributed by atoms with E-state index in [0.29, 0.717) is 10.6 Å². The molecule has 1 amide bonds. The summed E-state index contributed by atoms with van der Waals surface area (Å²) in [5.74, 6) is -0.175. The van der Waals surface area contributed by atoms with Crippen molar-refractivity contribution in [3.8, 4) is 11.1 Å². The smallest absolute Gasteiger partial charge is 0.267 e. The monoisotopic (exact) mass is 294 g/mol. The number of para-hydroxylation sites is 1. The number of anilines is 2. The van der Waals surface area contributed by atoms with Gasteiger partial charge in [0, 0.05) is 11.3 Å². The molecule has 3 rings (SSSR count). The Bertz CT molecular complexity index is 765. The Hall–Kier alpha value is -2.59. The Labute approximate surface area is 127 Å². The van der Waals surface area contributed by atoms with Crippen LogP contribution in [0.25, 0.3) is 11.1 Å². The first-order chi connectivity index (χ1) is 10.3. The Kier molecular flexibility index (Phi) is 3.71. The number of carbonyl (C=O) groups excluding carboxylic acids is 1. The molecule has 0 saturated carbocycles. The lowest BCUT2D eigenvalue weighted by Gasteiger charge is -2.11. The third kappa shape index (κ3) is 2.80. The first-order valence-corrected chi connectivity index (χ1v) is 7.42. The summed E-state index contributed by atoms with van der Waals surface area (Å²) < 4.78 is 0. The zero-order chi connectivity index (χ0) is 14.7. The zero-order valence-corrected chi connectivity index (χ0v) is 12.1. The maximum Gasteiger partial charge on any atom is 0.267 e. The van der Waals surface area contributed by atoms with Gasteiger partial charge in [0.2, 0.25) is 0 Å². The molecule has 0 spiro atoms. The summed E-state index contributed by atoms with van der Waals surface area (Å²) in [7, 11) is 0. The number of thiophene rings is 1. The van der Waals surface area contributed by atoms with E-state index in [0.717, 1.165) is 16.8 Å². The largest absolute Gasteiger partial charge is 0.397 e. The van der Waals surface area contributed by atoms with Crippen LogP contribution in [-0.2, 0) is 0 Å². The van der Waals surface area contributed by atoms with Crippen LogP contribution in [0.4, 0.5) is 11.4 Å². The summed E-state index contributed by atoms with van der Waals surface area (Å²) in [6.07, 6.45) is 0. The molecule has 3 nitrogen and oxygen atoms in total. The van der Waals surface area contributed by atoms with Crippen molar-refractivity contribution in [2.24, 2.45) is 0 Å². The third-order valence-corrected chi connectivity index (χ3v) is 4.09.